The summed E-state index contributed by atoms with van der Waals surface area (Å²) in [4.78, 5) is 8.35. The molecule has 0 bridgehead atoms. The van der Waals surface area contributed by atoms with Crippen LogP contribution in [0.2, 0.25) is 0 Å². The van der Waals surface area contributed by atoms with E-state index in [0.717, 1.165) is 18.0 Å². The third kappa shape index (κ3) is 2.13. The molecule has 1 aromatic heterocycles. The van der Waals surface area contributed by atoms with Gasteiger partial charge < -0.3 is 10.2 Å². The largest absolute Gasteiger partial charge is 0.444 e. The van der Waals surface area contributed by atoms with E-state index in [0.29, 0.717) is 18.4 Å². The molecule has 1 aromatic rings. The van der Waals surface area contributed by atoms with Gasteiger partial charge in [-0.05, 0) is 12.8 Å². The Morgan fingerprint density at radius 3 is 3.07 bits per heavy atom. The molecule has 0 amide bonds. The summed E-state index contributed by atoms with van der Waals surface area (Å²) in [5.41, 5.74) is 5.75. The Balaban J connectivity index is 1.93. The van der Waals surface area contributed by atoms with E-state index < -0.39 is 0 Å². The Hall–Kier alpha value is -1.32. The van der Waals surface area contributed by atoms with Crippen LogP contribution in [0.25, 0.3) is 0 Å². The Bertz CT molecular complexity index is 339. The highest BCUT2D eigenvalue weighted by atomic mass is 16.4. The summed E-state index contributed by atoms with van der Waals surface area (Å²) in [6.07, 6.45) is 4.98. The number of aliphatic imine (C=N–C) groups is 1. The summed E-state index contributed by atoms with van der Waals surface area (Å²) in [6, 6.07) is 0. The summed E-state index contributed by atoms with van der Waals surface area (Å²) in [7, 11) is 0. The summed E-state index contributed by atoms with van der Waals surface area (Å²) < 4.78 is 5.41. The maximum Gasteiger partial charge on any atom is 0.216 e. The number of nitrogens with zero attached hydrogens (tertiary/aromatic N) is 2. The first-order valence-corrected chi connectivity index (χ1v) is 5.03. The van der Waals surface area contributed by atoms with Crippen LogP contribution in [0.5, 0.6) is 0 Å². The summed E-state index contributed by atoms with van der Waals surface area (Å²) >= 11 is 0. The van der Waals surface area contributed by atoms with Crippen LogP contribution in [0.4, 0.5) is 0 Å². The van der Waals surface area contributed by atoms with Crippen LogP contribution in [0.3, 0.4) is 0 Å². The normalized spacial score (nSPS) is 17.4. The fourth-order valence-electron chi connectivity index (χ4n) is 1.25. The third-order valence-corrected chi connectivity index (χ3v) is 2.34. The van der Waals surface area contributed by atoms with Crippen molar-refractivity contribution in [1.29, 1.82) is 0 Å². The van der Waals surface area contributed by atoms with Crippen LogP contribution in [-0.4, -0.2) is 10.8 Å². The molecule has 0 aromatic carbocycles. The second-order valence-corrected chi connectivity index (χ2v) is 3.59. The van der Waals surface area contributed by atoms with Crippen molar-refractivity contribution in [2.75, 3.05) is 0 Å². The van der Waals surface area contributed by atoms with Crippen LogP contribution < -0.4 is 5.73 Å². The summed E-state index contributed by atoms with van der Waals surface area (Å²) in [6.45, 7) is 2.51. The number of aryl methyl sites for hydroxylation is 1. The van der Waals surface area contributed by atoms with Crippen molar-refractivity contribution in [2.45, 2.75) is 32.7 Å². The molecule has 14 heavy (non-hydrogen) atoms. The molecule has 4 nitrogen and oxygen atoms in total. The van der Waals surface area contributed by atoms with Gasteiger partial charge in [-0.15, -0.1) is 0 Å². The Kier molecular flexibility index (Phi) is 2.52. The minimum atomic E-state index is 0.475. The van der Waals surface area contributed by atoms with Crippen molar-refractivity contribution < 1.29 is 4.42 Å². The first-order valence-electron chi connectivity index (χ1n) is 5.03. The molecule has 0 spiro atoms. The average Bonchev–Trinajstić information content (AvgIpc) is 2.94. The Labute approximate surface area is 83.2 Å². The van der Waals surface area contributed by atoms with Gasteiger partial charge in [-0.25, -0.2) is 4.98 Å². The van der Waals surface area contributed by atoms with E-state index in [2.05, 4.69) is 9.98 Å². The van der Waals surface area contributed by atoms with Gasteiger partial charge >= 0.3 is 0 Å². The molecule has 0 unspecified atom stereocenters. The topological polar surface area (TPSA) is 64.4 Å². The van der Waals surface area contributed by atoms with Gasteiger partial charge in [0.15, 0.2) is 0 Å². The monoisotopic (exact) mass is 193 g/mol. The fourth-order valence-corrected chi connectivity index (χ4v) is 1.25. The Morgan fingerprint density at radius 2 is 2.50 bits per heavy atom. The highest BCUT2D eigenvalue weighted by Crippen LogP contribution is 2.28. The zero-order chi connectivity index (χ0) is 9.97. The van der Waals surface area contributed by atoms with Gasteiger partial charge in [0.25, 0.3) is 0 Å². The van der Waals surface area contributed by atoms with Gasteiger partial charge in [0.1, 0.15) is 12.3 Å². The fraction of sp³-hybridized carbons (Fsp3) is 0.600. The predicted octanol–water partition coefficient (Wildman–Crippen LogP) is 1.50. The number of hydrogen-bond acceptors (Lipinski definition) is 3. The van der Waals surface area contributed by atoms with E-state index in [1.807, 2.05) is 6.92 Å². The quantitative estimate of drug-likeness (QED) is 0.582. The standard InChI is InChI=1S/C10H15N3O/c1-2-8-5-12-9(14-8)6-13-10(11)7-3-4-7/h5,7H,2-4,6H2,1H3,(H2,11,13). The van der Waals surface area contributed by atoms with Crippen molar-refractivity contribution in [3.63, 3.8) is 0 Å². The van der Waals surface area contributed by atoms with Gasteiger partial charge in [0, 0.05) is 12.3 Å². The van der Waals surface area contributed by atoms with Crippen LogP contribution in [-0.2, 0) is 13.0 Å². The Morgan fingerprint density at radius 1 is 1.71 bits per heavy atom. The lowest BCUT2D eigenvalue weighted by atomic mass is 10.4. The van der Waals surface area contributed by atoms with Gasteiger partial charge in [0.2, 0.25) is 5.89 Å². The molecule has 1 aliphatic rings. The third-order valence-electron chi connectivity index (χ3n) is 2.34. The molecule has 2 rings (SSSR count). The lowest BCUT2D eigenvalue weighted by Crippen LogP contribution is -2.14. The lowest BCUT2D eigenvalue weighted by molar-refractivity contribution is 0.461. The van der Waals surface area contributed by atoms with Crippen LogP contribution in [0.1, 0.15) is 31.4 Å². The second-order valence-electron chi connectivity index (χ2n) is 3.59. The predicted molar refractivity (Wildman–Crippen MR) is 53.9 cm³/mol. The number of amidine groups is 1. The molecular formula is C10H15N3O. The molecule has 4 heteroatoms. The van der Waals surface area contributed by atoms with Crippen LogP contribution >= 0.6 is 0 Å². The zero-order valence-electron chi connectivity index (χ0n) is 8.36. The molecule has 76 valence electrons. The van der Waals surface area contributed by atoms with Gasteiger partial charge in [0.05, 0.1) is 12.0 Å². The molecule has 0 saturated heterocycles. The van der Waals surface area contributed by atoms with Crippen molar-refractivity contribution in [3.8, 4) is 0 Å². The minimum Gasteiger partial charge on any atom is -0.444 e. The summed E-state index contributed by atoms with van der Waals surface area (Å²) in [5.74, 6) is 2.84. The number of aromatic nitrogens is 1. The molecule has 1 heterocycles. The first kappa shape index (κ1) is 9.24. The van der Waals surface area contributed by atoms with Crippen LogP contribution in [0, 0.1) is 5.92 Å². The molecule has 1 aliphatic carbocycles. The highest BCUT2D eigenvalue weighted by molar-refractivity contribution is 5.84. The summed E-state index contributed by atoms with van der Waals surface area (Å²) in [5, 5.41) is 0. The average molecular weight is 193 g/mol. The SMILES string of the molecule is CCc1cnc(CN=C(N)C2CC2)o1. The molecule has 0 radical (unpaired) electrons. The maximum absolute atomic E-state index is 5.75. The van der Waals surface area contributed by atoms with E-state index >= 15 is 0 Å². The first-order chi connectivity index (χ1) is 6.79. The van der Waals surface area contributed by atoms with Gasteiger partial charge in [-0.2, -0.15) is 0 Å². The number of nitrogens with two attached hydrogens (primary N) is 1. The highest BCUT2D eigenvalue weighted by Gasteiger charge is 2.25. The van der Waals surface area contributed by atoms with Crippen molar-refractivity contribution >= 4 is 5.84 Å². The molecule has 1 fully saturated rings. The van der Waals surface area contributed by atoms with Crippen molar-refractivity contribution in [1.82, 2.24) is 4.98 Å². The van der Waals surface area contributed by atoms with Gasteiger partial charge in [-0.3, -0.25) is 4.99 Å². The molecular weight excluding hydrogens is 178 g/mol. The maximum atomic E-state index is 5.75. The molecule has 0 aliphatic heterocycles. The smallest absolute Gasteiger partial charge is 0.216 e. The molecule has 1 saturated carbocycles. The van der Waals surface area contributed by atoms with E-state index in [4.69, 9.17) is 10.2 Å². The van der Waals surface area contributed by atoms with E-state index in [9.17, 15) is 0 Å². The molecule has 0 atom stereocenters. The number of oxazole rings is 1. The minimum absolute atomic E-state index is 0.475. The lowest BCUT2D eigenvalue weighted by Gasteiger charge is -1.94. The van der Waals surface area contributed by atoms with E-state index in [-0.39, 0.29) is 0 Å². The second kappa shape index (κ2) is 3.82. The van der Waals surface area contributed by atoms with E-state index in [1.165, 1.54) is 12.8 Å². The number of hydrogen-bond donors (Lipinski definition) is 1. The molecule has 2 N–H and O–H groups in total. The number of rotatable bonds is 4. The van der Waals surface area contributed by atoms with Crippen molar-refractivity contribution in [3.05, 3.63) is 17.8 Å². The zero-order valence-corrected chi connectivity index (χ0v) is 8.36. The van der Waals surface area contributed by atoms with Crippen molar-refractivity contribution in [2.24, 2.45) is 16.6 Å². The van der Waals surface area contributed by atoms with Gasteiger partial charge in [-0.1, -0.05) is 6.92 Å². The van der Waals surface area contributed by atoms with Crippen LogP contribution in [0.15, 0.2) is 15.6 Å². The van der Waals surface area contributed by atoms with E-state index in [1.54, 1.807) is 6.20 Å².